The molecule has 0 spiro atoms. The average molecular weight is 272 g/mol. The third-order valence-electron chi connectivity index (χ3n) is 3.59. The number of hydrogen-bond acceptors (Lipinski definition) is 3. The molecule has 1 fully saturated rings. The number of aromatic nitrogens is 1. The second kappa shape index (κ2) is 5.59. The van der Waals surface area contributed by atoms with Crippen LogP contribution in [0.15, 0.2) is 36.5 Å². The van der Waals surface area contributed by atoms with E-state index in [2.05, 4.69) is 9.88 Å². The van der Waals surface area contributed by atoms with E-state index in [1.54, 1.807) is 25.3 Å². The van der Waals surface area contributed by atoms with Crippen LogP contribution in [0.25, 0.3) is 11.1 Å². The van der Waals surface area contributed by atoms with Crippen molar-refractivity contribution in [2.75, 3.05) is 31.2 Å². The molecule has 1 saturated heterocycles. The number of hydrogen-bond donors (Lipinski definition) is 0. The molecule has 0 saturated carbocycles. The molecule has 0 N–H and O–H groups in total. The van der Waals surface area contributed by atoms with Crippen LogP contribution in [0.1, 0.15) is 5.56 Å². The van der Waals surface area contributed by atoms with E-state index >= 15 is 0 Å². The number of rotatable bonds is 2. The summed E-state index contributed by atoms with van der Waals surface area (Å²) in [5.41, 5.74) is 2.53. The van der Waals surface area contributed by atoms with Crippen LogP contribution in [0.5, 0.6) is 0 Å². The fourth-order valence-electron chi connectivity index (χ4n) is 2.34. The zero-order valence-corrected chi connectivity index (χ0v) is 11.5. The Morgan fingerprint density at radius 1 is 1.10 bits per heavy atom. The summed E-state index contributed by atoms with van der Waals surface area (Å²) < 4.78 is 19.0. The largest absolute Gasteiger partial charge is 0.378 e. The van der Waals surface area contributed by atoms with Crippen molar-refractivity contribution in [2.45, 2.75) is 6.92 Å². The fourth-order valence-corrected chi connectivity index (χ4v) is 2.34. The molecule has 0 radical (unpaired) electrons. The lowest BCUT2D eigenvalue weighted by Gasteiger charge is -2.28. The number of aryl methyl sites for hydroxylation is 1. The molecular formula is C16H17FN2O. The van der Waals surface area contributed by atoms with E-state index in [-0.39, 0.29) is 5.82 Å². The van der Waals surface area contributed by atoms with E-state index in [0.29, 0.717) is 5.56 Å². The van der Waals surface area contributed by atoms with Crippen LogP contribution in [-0.4, -0.2) is 31.3 Å². The smallest absolute Gasteiger partial charge is 0.129 e. The first-order valence-corrected chi connectivity index (χ1v) is 6.79. The summed E-state index contributed by atoms with van der Waals surface area (Å²) in [6, 6.07) is 9.24. The Balaban J connectivity index is 1.91. The lowest BCUT2D eigenvalue weighted by Crippen LogP contribution is -2.36. The Bertz CT molecular complexity index is 609. The molecule has 0 aliphatic carbocycles. The van der Waals surface area contributed by atoms with Crippen LogP contribution in [0.2, 0.25) is 0 Å². The lowest BCUT2D eigenvalue weighted by molar-refractivity contribution is 0.122. The van der Waals surface area contributed by atoms with Gasteiger partial charge < -0.3 is 9.64 Å². The van der Waals surface area contributed by atoms with E-state index in [1.807, 2.05) is 18.2 Å². The maximum atomic E-state index is 13.7. The molecule has 1 aliphatic heterocycles. The highest BCUT2D eigenvalue weighted by molar-refractivity contribution is 5.67. The minimum absolute atomic E-state index is 0.174. The summed E-state index contributed by atoms with van der Waals surface area (Å²) in [6.45, 7) is 4.92. The van der Waals surface area contributed by atoms with Crippen molar-refractivity contribution in [3.63, 3.8) is 0 Å². The molecule has 104 valence electrons. The minimum Gasteiger partial charge on any atom is -0.378 e. The zero-order chi connectivity index (χ0) is 13.9. The van der Waals surface area contributed by atoms with Crippen molar-refractivity contribution in [3.8, 4) is 11.1 Å². The molecular weight excluding hydrogens is 255 g/mol. The van der Waals surface area contributed by atoms with Crippen LogP contribution in [-0.2, 0) is 4.74 Å². The summed E-state index contributed by atoms with van der Waals surface area (Å²) in [6.07, 6.45) is 1.78. The van der Waals surface area contributed by atoms with Gasteiger partial charge in [0.1, 0.15) is 11.6 Å². The van der Waals surface area contributed by atoms with Gasteiger partial charge in [-0.25, -0.2) is 9.37 Å². The minimum atomic E-state index is -0.174. The van der Waals surface area contributed by atoms with Crippen LogP contribution in [0, 0.1) is 12.7 Å². The summed E-state index contributed by atoms with van der Waals surface area (Å²) in [7, 11) is 0. The molecule has 1 aliphatic rings. The van der Waals surface area contributed by atoms with E-state index in [4.69, 9.17) is 4.74 Å². The van der Waals surface area contributed by atoms with Gasteiger partial charge in [-0.2, -0.15) is 0 Å². The number of halogens is 1. The van der Waals surface area contributed by atoms with Crippen molar-refractivity contribution in [2.24, 2.45) is 0 Å². The van der Waals surface area contributed by atoms with E-state index in [9.17, 15) is 4.39 Å². The van der Waals surface area contributed by atoms with Crippen LogP contribution < -0.4 is 4.90 Å². The maximum absolute atomic E-state index is 13.7. The van der Waals surface area contributed by atoms with Gasteiger partial charge in [0.2, 0.25) is 0 Å². The standard InChI is InChI=1S/C16H17FN2O/c1-12-2-3-13(10-15(12)17)14-4-5-18-16(11-14)19-6-8-20-9-7-19/h2-5,10-11H,6-9H2,1H3. The third-order valence-corrected chi connectivity index (χ3v) is 3.59. The highest BCUT2D eigenvalue weighted by Gasteiger charge is 2.13. The second-order valence-electron chi connectivity index (χ2n) is 4.97. The summed E-state index contributed by atoms with van der Waals surface area (Å²) in [4.78, 5) is 6.60. The fraction of sp³-hybridized carbons (Fsp3) is 0.312. The number of anilines is 1. The molecule has 0 unspecified atom stereocenters. The number of nitrogens with zero attached hydrogens (tertiary/aromatic N) is 2. The quantitative estimate of drug-likeness (QED) is 0.840. The van der Waals surface area contributed by atoms with Crippen LogP contribution >= 0.6 is 0 Å². The van der Waals surface area contributed by atoms with Gasteiger partial charge in [0.15, 0.2) is 0 Å². The number of morpholine rings is 1. The molecule has 1 aromatic carbocycles. The number of pyridine rings is 1. The Morgan fingerprint density at radius 3 is 2.60 bits per heavy atom. The third kappa shape index (κ3) is 2.65. The van der Waals surface area contributed by atoms with Crippen LogP contribution in [0.3, 0.4) is 0 Å². The molecule has 0 amide bonds. The predicted octanol–water partition coefficient (Wildman–Crippen LogP) is 3.03. The topological polar surface area (TPSA) is 25.4 Å². The van der Waals surface area contributed by atoms with Gasteiger partial charge in [-0.3, -0.25) is 0 Å². The summed E-state index contributed by atoms with van der Waals surface area (Å²) >= 11 is 0. The molecule has 2 heterocycles. The van der Waals surface area contributed by atoms with Gasteiger partial charge in [0.05, 0.1) is 13.2 Å². The van der Waals surface area contributed by atoms with Gasteiger partial charge in [-0.05, 0) is 41.8 Å². The Kier molecular flexibility index (Phi) is 3.65. The SMILES string of the molecule is Cc1ccc(-c2ccnc(N3CCOCC3)c2)cc1F. The molecule has 2 aromatic rings. The average Bonchev–Trinajstić information content (AvgIpc) is 2.51. The van der Waals surface area contributed by atoms with Crippen LogP contribution in [0.4, 0.5) is 10.2 Å². The molecule has 3 rings (SSSR count). The zero-order valence-electron chi connectivity index (χ0n) is 11.5. The predicted molar refractivity (Wildman–Crippen MR) is 77.4 cm³/mol. The monoisotopic (exact) mass is 272 g/mol. The summed E-state index contributed by atoms with van der Waals surface area (Å²) in [5.74, 6) is 0.749. The van der Waals surface area contributed by atoms with Gasteiger partial charge in [-0.15, -0.1) is 0 Å². The highest BCUT2D eigenvalue weighted by atomic mass is 19.1. The molecule has 1 aromatic heterocycles. The summed E-state index contributed by atoms with van der Waals surface area (Å²) in [5, 5.41) is 0. The number of ether oxygens (including phenoxy) is 1. The van der Waals surface area contributed by atoms with E-state index in [1.165, 1.54) is 0 Å². The first-order chi connectivity index (χ1) is 9.74. The Morgan fingerprint density at radius 2 is 1.85 bits per heavy atom. The van der Waals surface area contributed by atoms with Crippen molar-refractivity contribution >= 4 is 5.82 Å². The molecule has 3 nitrogen and oxygen atoms in total. The maximum Gasteiger partial charge on any atom is 0.129 e. The van der Waals surface area contributed by atoms with Crippen molar-refractivity contribution in [3.05, 3.63) is 47.9 Å². The molecule has 0 bridgehead atoms. The highest BCUT2D eigenvalue weighted by Crippen LogP contribution is 2.25. The molecule has 4 heteroatoms. The van der Waals surface area contributed by atoms with Gasteiger partial charge in [-0.1, -0.05) is 12.1 Å². The van der Waals surface area contributed by atoms with Crippen molar-refractivity contribution in [1.82, 2.24) is 4.98 Å². The Labute approximate surface area is 118 Å². The van der Waals surface area contributed by atoms with Gasteiger partial charge >= 0.3 is 0 Å². The van der Waals surface area contributed by atoms with Crippen molar-refractivity contribution < 1.29 is 9.13 Å². The van der Waals surface area contributed by atoms with E-state index in [0.717, 1.165) is 43.2 Å². The van der Waals surface area contributed by atoms with E-state index < -0.39 is 0 Å². The first-order valence-electron chi connectivity index (χ1n) is 6.79. The molecule has 20 heavy (non-hydrogen) atoms. The molecule has 0 atom stereocenters. The van der Waals surface area contributed by atoms with Gasteiger partial charge in [0.25, 0.3) is 0 Å². The van der Waals surface area contributed by atoms with Gasteiger partial charge in [0, 0.05) is 19.3 Å². The second-order valence-corrected chi connectivity index (χ2v) is 4.97. The Hall–Kier alpha value is -1.94. The normalized spacial score (nSPS) is 15.4. The first kappa shape index (κ1) is 13.1. The number of benzene rings is 1. The van der Waals surface area contributed by atoms with Crippen molar-refractivity contribution in [1.29, 1.82) is 0 Å². The lowest BCUT2D eigenvalue weighted by atomic mass is 10.0.